The van der Waals surface area contributed by atoms with Gasteiger partial charge in [-0.3, -0.25) is 4.79 Å². The van der Waals surface area contributed by atoms with Gasteiger partial charge in [-0.1, -0.05) is 45.7 Å². The highest BCUT2D eigenvalue weighted by molar-refractivity contribution is 9.10. The fourth-order valence-electron chi connectivity index (χ4n) is 1.74. The summed E-state index contributed by atoms with van der Waals surface area (Å²) in [5.41, 5.74) is 2.22. The summed E-state index contributed by atoms with van der Waals surface area (Å²) in [6.07, 6.45) is 0.544. The van der Waals surface area contributed by atoms with Gasteiger partial charge in [-0.05, 0) is 18.6 Å². The third-order valence-electron chi connectivity index (χ3n) is 2.86. The van der Waals surface area contributed by atoms with Gasteiger partial charge in [0.2, 0.25) is 0 Å². The molecule has 0 bridgehead atoms. The fourth-order valence-corrected chi connectivity index (χ4v) is 2.34. The van der Waals surface area contributed by atoms with Crippen LogP contribution in [0.25, 0.3) is 0 Å². The summed E-state index contributed by atoms with van der Waals surface area (Å²) < 4.78 is 6.58. The number of aryl methyl sites for hydroxylation is 1. The molecule has 0 aliphatic heterocycles. The first-order valence-corrected chi connectivity index (χ1v) is 7.04. The molecule has 0 atom stereocenters. The second kappa shape index (κ2) is 6.29. The molecule has 0 amide bonds. The lowest BCUT2D eigenvalue weighted by Crippen LogP contribution is -1.98. The number of hydrogen-bond donors (Lipinski definition) is 1. The van der Waals surface area contributed by atoms with Crippen molar-refractivity contribution in [3.05, 3.63) is 56.5 Å². The molecular formula is C15H12BrClO3. The molecule has 0 fully saturated rings. The Morgan fingerprint density at radius 3 is 2.85 bits per heavy atom. The Morgan fingerprint density at radius 2 is 2.15 bits per heavy atom. The van der Waals surface area contributed by atoms with Crippen molar-refractivity contribution in [1.82, 2.24) is 0 Å². The van der Waals surface area contributed by atoms with E-state index in [9.17, 15) is 9.90 Å². The Kier molecular flexibility index (Phi) is 4.68. The van der Waals surface area contributed by atoms with E-state index in [1.54, 1.807) is 0 Å². The Bertz CT molecular complexity index is 656. The van der Waals surface area contributed by atoms with Crippen LogP contribution < -0.4 is 4.74 Å². The molecule has 2 aromatic carbocycles. The van der Waals surface area contributed by atoms with E-state index in [4.69, 9.17) is 16.3 Å². The molecule has 1 N–H and O–H groups in total. The van der Waals surface area contributed by atoms with Gasteiger partial charge >= 0.3 is 0 Å². The predicted octanol–water partition coefficient (Wildman–Crippen LogP) is 4.51. The molecule has 104 valence electrons. The maximum Gasteiger partial charge on any atom is 0.153 e. The van der Waals surface area contributed by atoms with Gasteiger partial charge in [0.1, 0.15) is 18.1 Å². The van der Waals surface area contributed by atoms with E-state index in [2.05, 4.69) is 15.9 Å². The number of benzene rings is 2. The third kappa shape index (κ3) is 3.14. The molecule has 2 aromatic rings. The first kappa shape index (κ1) is 14.9. The van der Waals surface area contributed by atoms with E-state index in [0.29, 0.717) is 18.6 Å². The molecule has 0 unspecified atom stereocenters. The quantitative estimate of drug-likeness (QED) is 0.821. The zero-order chi connectivity index (χ0) is 14.7. The van der Waals surface area contributed by atoms with Crippen LogP contribution in [0.3, 0.4) is 0 Å². The smallest absolute Gasteiger partial charge is 0.153 e. The van der Waals surface area contributed by atoms with Crippen LogP contribution in [-0.4, -0.2) is 11.4 Å². The van der Waals surface area contributed by atoms with Gasteiger partial charge in [0, 0.05) is 16.1 Å². The van der Waals surface area contributed by atoms with Gasteiger partial charge < -0.3 is 9.84 Å². The van der Waals surface area contributed by atoms with Crippen LogP contribution in [0, 0.1) is 6.92 Å². The highest BCUT2D eigenvalue weighted by Gasteiger charge is 2.10. The molecular weight excluding hydrogens is 344 g/mol. The molecule has 2 rings (SSSR count). The van der Waals surface area contributed by atoms with Gasteiger partial charge in [0.05, 0.1) is 10.6 Å². The highest BCUT2D eigenvalue weighted by atomic mass is 79.9. The van der Waals surface area contributed by atoms with Gasteiger partial charge in [-0.25, -0.2) is 0 Å². The summed E-state index contributed by atoms with van der Waals surface area (Å²) in [4.78, 5) is 10.7. The van der Waals surface area contributed by atoms with Crippen molar-refractivity contribution in [2.75, 3.05) is 0 Å². The summed E-state index contributed by atoms with van der Waals surface area (Å²) in [6.45, 7) is 2.30. The first-order chi connectivity index (χ1) is 9.52. The molecule has 0 aliphatic carbocycles. The van der Waals surface area contributed by atoms with Crippen LogP contribution in [-0.2, 0) is 6.61 Å². The largest absolute Gasteiger partial charge is 0.507 e. The Balaban J connectivity index is 2.21. The van der Waals surface area contributed by atoms with Gasteiger partial charge in [0.25, 0.3) is 0 Å². The number of ether oxygens (including phenoxy) is 1. The number of hydrogen-bond acceptors (Lipinski definition) is 3. The maximum absolute atomic E-state index is 10.7. The topological polar surface area (TPSA) is 46.5 Å². The molecule has 0 aliphatic rings. The van der Waals surface area contributed by atoms with E-state index >= 15 is 0 Å². The van der Waals surface area contributed by atoms with E-state index in [1.165, 1.54) is 12.1 Å². The van der Waals surface area contributed by atoms with Crippen molar-refractivity contribution in [3.8, 4) is 11.5 Å². The average Bonchev–Trinajstić information content (AvgIpc) is 2.43. The van der Waals surface area contributed by atoms with Gasteiger partial charge in [-0.15, -0.1) is 0 Å². The number of carbonyl (C=O) groups excluding carboxylic acids is 1. The number of carbonyl (C=O) groups is 1. The van der Waals surface area contributed by atoms with Gasteiger partial charge in [0.15, 0.2) is 6.29 Å². The summed E-state index contributed by atoms with van der Waals surface area (Å²) in [5.74, 6) is 0.186. The van der Waals surface area contributed by atoms with Crippen LogP contribution in [0.1, 0.15) is 21.5 Å². The number of halogens is 2. The molecule has 20 heavy (non-hydrogen) atoms. The molecule has 0 saturated heterocycles. The number of phenols is 1. The lowest BCUT2D eigenvalue weighted by molar-refractivity contribution is 0.112. The lowest BCUT2D eigenvalue weighted by atomic mass is 10.1. The minimum Gasteiger partial charge on any atom is -0.507 e. The molecule has 3 nitrogen and oxygen atoms in total. The summed E-state index contributed by atoms with van der Waals surface area (Å²) in [6, 6.07) is 8.59. The number of aldehydes is 1. The van der Waals surface area contributed by atoms with Crippen molar-refractivity contribution >= 4 is 33.8 Å². The summed E-state index contributed by atoms with van der Waals surface area (Å²) >= 11 is 9.51. The van der Waals surface area contributed by atoms with Crippen molar-refractivity contribution in [1.29, 1.82) is 0 Å². The Labute approximate surface area is 130 Å². The summed E-state index contributed by atoms with van der Waals surface area (Å²) in [7, 11) is 0. The van der Waals surface area contributed by atoms with Crippen molar-refractivity contribution < 1.29 is 14.6 Å². The second-order valence-electron chi connectivity index (χ2n) is 4.30. The molecule has 0 aromatic heterocycles. The Hall–Kier alpha value is -1.52. The van der Waals surface area contributed by atoms with Crippen LogP contribution in [0.15, 0.2) is 34.8 Å². The van der Waals surface area contributed by atoms with E-state index in [-0.39, 0.29) is 16.3 Å². The zero-order valence-electron chi connectivity index (χ0n) is 10.7. The SMILES string of the molecule is Cc1cccc(COc2cc(O)c(C=O)cc2Cl)c1Br. The van der Waals surface area contributed by atoms with E-state index < -0.39 is 0 Å². The van der Waals surface area contributed by atoms with Crippen molar-refractivity contribution in [3.63, 3.8) is 0 Å². The molecule has 0 heterocycles. The highest BCUT2D eigenvalue weighted by Crippen LogP contribution is 2.32. The third-order valence-corrected chi connectivity index (χ3v) is 4.29. The molecule has 0 radical (unpaired) electrons. The number of rotatable bonds is 4. The van der Waals surface area contributed by atoms with Crippen LogP contribution in [0.2, 0.25) is 5.02 Å². The van der Waals surface area contributed by atoms with Crippen LogP contribution in [0.4, 0.5) is 0 Å². The Morgan fingerprint density at radius 1 is 1.40 bits per heavy atom. The minimum absolute atomic E-state index is 0.138. The van der Waals surface area contributed by atoms with E-state index in [1.807, 2.05) is 25.1 Å². The number of phenolic OH excluding ortho intramolecular Hbond substituents is 1. The molecule has 5 heteroatoms. The standard InChI is InChI=1S/C15H12BrClO3/c1-9-3-2-4-10(15(9)16)8-20-14-6-13(19)11(7-18)5-12(14)17/h2-7,19H,8H2,1H3. The average molecular weight is 356 g/mol. The first-order valence-electron chi connectivity index (χ1n) is 5.87. The molecule has 0 spiro atoms. The maximum atomic E-state index is 10.7. The second-order valence-corrected chi connectivity index (χ2v) is 5.50. The van der Waals surface area contributed by atoms with Gasteiger partial charge in [-0.2, -0.15) is 0 Å². The number of aromatic hydroxyl groups is 1. The fraction of sp³-hybridized carbons (Fsp3) is 0.133. The monoisotopic (exact) mass is 354 g/mol. The minimum atomic E-state index is -0.150. The van der Waals surface area contributed by atoms with Crippen molar-refractivity contribution in [2.24, 2.45) is 0 Å². The van der Waals surface area contributed by atoms with Crippen LogP contribution >= 0.6 is 27.5 Å². The molecule has 0 saturated carbocycles. The van der Waals surface area contributed by atoms with Crippen LogP contribution in [0.5, 0.6) is 11.5 Å². The van der Waals surface area contributed by atoms with Crippen molar-refractivity contribution in [2.45, 2.75) is 13.5 Å². The zero-order valence-corrected chi connectivity index (χ0v) is 13.0. The lowest BCUT2D eigenvalue weighted by Gasteiger charge is -2.11. The van der Waals surface area contributed by atoms with E-state index in [0.717, 1.165) is 15.6 Å². The normalized spacial score (nSPS) is 10.3. The predicted molar refractivity (Wildman–Crippen MR) is 81.7 cm³/mol. The summed E-state index contributed by atoms with van der Waals surface area (Å²) in [5, 5.41) is 9.92.